The normalized spacial score (nSPS) is 15.8. The number of ether oxygens (including phenoxy) is 10. The highest BCUT2D eigenvalue weighted by Crippen LogP contribution is 2.27. The lowest BCUT2D eigenvalue weighted by molar-refractivity contribution is -0.438. The zero-order valence-electron chi connectivity index (χ0n) is 43.7. The van der Waals surface area contributed by atoms with Crippen LogP contribution in [0.4, 0.5) is 0 Å². The Labute approximate surface area is 435 Å². The lowest BCUT2D eigenvalue weighted by atomic mass is 9.95. The first-order valence-electron chi connectivity index (χ1n) is 25.5. The quantitative estimate of drug-likeness (QED) is 0.0214. The number of hydrogen-bond donors (Lipinski definition) is 6. The van der Waals surface area contributed by atoms with E-state index < -0.39 is 17.7 Å². The summed E-state index contributed by atoms with van der Waals surface area (Å²) in [7, 11) is 0. The van der Waals surface area contributed by atoms with Gasteiger partial charge in [-0.05, 0) is 37.5 Å². The number of rotatable bonds is 44. The van der Waals surface area contributed by atoms with Crippen molar-refractivity contribution in [2.75, 3.05) is 171 Å². The van der Waals surface area contributed by atoms with Crippen LogP contribution in [0.5, 0.6) is 0 Å². The van der Waals surface area contributed by atoms with Crippen molar-refractivity contribution in [1.29, 1.82) is 0 Å². The average Bonchev–Trinajstić information content (AvgIpc) is 3.59. The fourth-order valence-corrected chi connectivity index (χ4v) is 7.02. The summed E-state index contributed by atoms with van der Waals surface area (Å²) in [5.41, 5.74) is 15.8. The second-order valence-corrected chi connectivity index (χ2v) is 16.6. The van der Waals surface area contributed by atoms with E-state index in [9.17, 15) is 24.0 Å². The van der Waals surface area contributed by atoms with E-state index in [0.29, 0.717) is 168 Å². The van der Waals surface area contributed by atoms with Crippen LogP contribution in [0.1, 0.15) is 40.0 Å². The summed E-state index contributed by atoms with van der Waals surface area (Å²) in [6.45, 7) is 16.0. The molecular weight excluding hydrogens is 967 g/mol. The standard InChI is InChI=1S/C50H81N9O15/c1-4-10-58(11-5-2)50(64)40-32-43-44(57-45(52)33-40)34-42(39(3)56-43)41(35-51)36-53-37-46(60)54-8-12-65-14-16-67-18-20-69-22-24-71-26-28-73-30-31-74-29-27-72-25-23-70-21-19-68-17-15-66-13-9-55-47(61)38-59-48(62)6-7-49(59)63/h6-7,32,34-36,39,56H,4-5,8-31,33,37-38,51H2,1-3H3,(H2,52,57)(H,54,60)(H,55,61)/p+1/b41-35+,53-36?. The van der Waals surface area contributed by atoms with Crippen LogP contribution in [0, 0.1) is 0 Å². The monoisotopic (exact) mass is 1050 g/mol. The molecular formula is C50H82N9O15+. The first kappa shape index (κ1) is 62.9. The summed E-state index contributed by atoms with van der Waals surface area (Å²) in [4.78, 5) is 71.0. The van der Waals surface area contributed by atoms with Crippen molar-refractivity contribution in [1.82, 2.24) is 25.8 Å². The molecule has 24 nitrogen and oxygen atoms in total. The fraction of sp³-hybridized carbons (Fsp3) is 0.660. The third-order valence-electron chi connectivity index (χ3n) is 10.6. The molecule has 5 amide bonds. The molecule has 0 bridgehead atoms. The number of nitrogens with two attached hydrogens (primary N) is 2. The second-order valence-electron chi connectivity index (χ2n) is 16.6. The van der Waals surface area contributed by atoms with Gasteiger partial charge in [0.15, 0.2) is 6.21 Å². The van der Waals surface area contributed by atoms with Crippen LogP contribution in [0.15, 0.2) is 63.6 Å². The summed E-state index contributed by atoms with van der Waals surface area (Å²) in [5.74, 6) is -1.31. The van der Waals surface area contributed by atoms with E-state index in [2.05, 4.69) is 39.8 Å². The predicted octanol–water partition coefficient (Wildman–Crippen LogP) is -2.23. The zero-order chi connectivity index (χ0) is 53.4. The maximum Gasteiger partial charge on any atom is 0.285 e. The lowest BCUT2D eigenvalue weighted by Gasteiger charge is -2.26. The van der Waals surface area contributed by atoms with Gasteiger partial charge in [0.1, 0.15) is 12.4 Å². The Balaban J connectivity index is 1.03. The van der Waals surface area contributed by atoms with E-state index in [0.717, 1.165) is 41.2 Å². The van der Waals surface area contributed by atoms with Gasteiger partial charge < -0.3 is 79.7 Å². The van der Waals surface area contributed by atoms with Crippen molar-refractivity contribution in [3.63, 3.8) is 0 Å². The highest BCUT2D eigenvalue weighted by atomic mass is 16.6. The molecule has 1 unspecified atom stereocenters. The fourth-order valence-electron chi connectivity index (χ4n) is 7.02. The number of dihydropyridines is 1. The van der Waals surface area contributed by atoms with Gasteiger partial charge in [0, 0.05) is 62.6 Å². The Morgan fingerprint density at radius 3 is 1.53 bits per heavy atom. The van der Waals surface area contributed by atoms with E-state index in [4.69, 9.17) is 58.8 Å². The minimum Gasteiger partial charge on any atom is -0.404 e. The first-order chi connectivity index (χ1) is 36.1. The largest absolute Gasteiger partial charge is 0.404 e. The molecule has 0 aromatic heterocycles. The van der Waals surface area contributed by atoms with E-state index in [1.165, 1.54) is 6.20 Å². The number of amides is 5. The van der Waals surface area contributed by atoms with Gasteiger partial charge in [-0.1, -0.05) is 13.8 Å². The molecule has 0 aromatic rings. The SMILES string of the molecule is CCCN(CCC)C(=O)C1=CC2=C(C=C(/C(C=[NH+]CC(=O)NCCOCCOCCOCCOCCOCCOCCOCCOCCOCCOCCNC(=O)CN3C(=O)C=CC3=O)=C/N)C(C)N2)N=C(N)C1. The van der Waals surface area contributed by atoms with Crippen molar-refractivity contribution in [3.05, 3.63) is 58.6 Å². The van der Waals surface area contributed by atoms with Gasteiger partial charge >= 0.3 is 0 Å². The maximum atomic E-state index is 13.4. The van der Waals surface area contributed by atoms with Gasteiger partial charge in [-0.3, -0.25) is 28.9 Å². The van der Waals surface area contributed by atoms with Crippen molar-refractivity contribution >= 4 is 41.6 Å². The number of nitrogens with zero attached hydrogens (tertiary/aromatic N) is 3. The van der Waals surface area contributed by atoms with E-state index in [1.807, 2.05) is 24.0 Å². The van der Waals surface area contributed by atoms with Gasteiger partial charge in [-0.2, -0.15) is 0 Å². The van der Waals surface area contributed by atoms with Gasteiger partial charge in [0.05, 0.1) is 149 Å². The molecule has 24 heteroatoms. The van der Waals surface area contributed by atoms with Gasteiger partial charge in [-0.25, -0.2) is 9.98 Å². The zero-order valence-corrected chi connectivity index (χ0v) is 43.7. The molecule has 3 aliphatic heterocycles. The predicted molar refractivity (Wildman–Crippen MR) is 273 cm³/mol. The summed E-state index contributed by atoms with van der Waals surface area (Å²) < 4.78 is 54.9. The molecule has 0 aromatic carbocycles. The van der Waals surface area contributed by atoms with Crippen LogP contribution >= 0.6 is 0 Å². The molecule has 0 saturated carbocycles. The van der Waals surface area contributed by atoms with Gasteiger partial charge in [-0.15, -0.1) is 0 Å². The molecule has 0 saturated heterocycles. The molecule has 1 atom stereocenters. The van der Waals surface area contributed by atoms with Crippen molar-refractivity contribution in [3.8, 4) is 0 Å². The molecule has 0 aliphatic carbocycles. The molecule has 3 rings (SSSR count). The van der Waals surface area contributed by atoms with Crippen molar-refractivity contribution in [2.24, 2.45) is 16.5 Å². The van der Waals surface area contributed by atoms with Crippen LogP contribution in [0.2, 0.25) is 0 Å². The number of hydrogen-bond acceptors (Lipinski definition) is 19. The van der Waals surface area contributed by atoms with Crippen molar-refractivity contribution < 1.29 is 76.3 Å². The molecule has 416 valence electrons. The van der Waals surface area contributed by atoms with Gasteiger partial charge in [0.2, 0.25) is 18.4 Å². The minimum atomic E-state index is -0.499. The first-order valence-corrected chi connectivity index (χ1v) is 25.5. The topological polar surface area (TPSA) is 299 Å². The second kappa shape index (κ2) is 40.0. The number of allylic oxidation sites excluding steroid dienone is 2. The lowest BCUT2D eigenvalue weighted by Crippen LogP contribution is -2.73. The number of carbonyl (C=O) groups excluding carboxylic acids is 5. The van der Waals surface area contributed by atoms with Crippen LogP contribution in [-0.2, 0) is 71.3 Å². The number of imide groups is 1. The van der Waals surface area contributed by atoms with Crippen LogP contribution in [0.25, 0.3) is 0 Å². The summed E-state index contributed by atoms with van der Waals surface area (Å²) in [6, 6.07) is -0.162. The Morgan fingerprint density at radius 2 is 1.11 bits per heavy atom. The van der Waals surface area contributed by atoms with Crippen LogP contribution < -0.4 is 32.4 Å². The highest BCUT2D eigenvalue weighted by Gasteiger charge is 2.27. The molecule has 0 spiro atoms. The molecule has 0 radical (unpaired) electrons. The molecule has 8 N–H and O–H groups in total. The number of aliphatic imine (C=N–C) groups is 1. The number of nitrogens with one attached hydrogen (secondary N) is 4. The molecule has 3 aliphatic rings. The van der Waals surface area contributed by atoms with Crippen LogP contribution in [0.3, 0.4) is 0 Å². The molecule has 0 fully saturated rings. The van der Waals surface area contributed by atoms with Gasteiger partial charge in [0.25, 0.3) is 17.7 Å². The minimum absolute atomic E-state index is 0.0284. The Morgan fingerprint density at radius 1 is 0.689 bits per heavy atom. The Hall–Kier alpha value is -5.41. The summed E-state index contributed by atoms with van der Waals surface area (Å²) >= 11 is 0. The van der Waals surface area contributed by atoms with E-state index in [-0.39, 0.29) is 50.5 Å². The summed E-state index contributed by atoms with van der Waals surface area (Å²) in [6.07, 6.45) is 11.2. The smallest absolute Gasteiger partial charge is 0.285 e. The third kappa shape index (κ3) is 27.2. The van der Waals surface area contributed by atoms with Crippen LogP contribution in [-0.4, -0.2) is 229 Å². The van der Waals surface area contributed by atoms with E-state index >= 15 is 0 Å². The third-order valence-corrected chi connectivity index (χ3v) is 10.6. The number of amidine groups is 1. The van der Waals surface area contributed by atoms with Crippen molar-refractivity contribution in [2.45, 2.75) is 46.1 Å². The maximum absolute atomic E-state index is 13.4. The summed E-state index contributed by atoms with van der Waals surface area (Å²) in [5, 5.41) is 8.85. The number of carbonyl (C=O) groups is 5. The highest BCUT2D eigenvalue weighted by molar-refractivity contribution is 6.14. The Kier molecular flexibility index (Phi) is 34.0. The molecule has 74 heavy (non-hydrogen) atoms. The average molecular weight is 1050 g/mol. The molecule has 3 heterocycles. The van der Waals surface area contributed by atoms with E-state index in [1.54, 1.807) is 6.21 Å². The Bertz CT molecular complexity index is 1900.